The molecule has 84 valence electrons. The Morgan fingerprint density at radius 2 is 1.79 bits per heavy atom. The van der Waals surface area contributed by atoms with Gasteiger partial charge in [0.05, 0.1) is 0 Å². The van der Waals surface area contributed by atoms with E-state index < -0.39 is 0 Å². The molecule has 0 rings (SSSR count). The highest BCUT2D eigenvalue weighted by Crippen LogP contribution is 2.06. The van der Waals surface area contributed by atoms with Gasteiger partial charge < -0.3 is 5.32 Å². The van der Waals surface area contributed by atoms with Crippen LogP contribution < -0.4 is 5.32 Å². The normalized spacial score (nSPS) is 10.1. The number of thiocarbonyl (C=S) groups is 1. The quantitative estimate of drug-likeness (QED) is 0.503. The third-order valence-electron chi connectivity index (χ3n) is 2.03. The maximum absolute atomic E-state index is 5.20. The first kappa shape index (κ1) is 14.2. The Labute approximate surface area is 98.4 Å². The summed E-state index contributed by atoms with van der Waals surface area (Å²) in [6, 6.07) is 0. The van der Waals surface area contributed by atoms with Gasteiger partial charge in [0.25, 0.3) is 0 Å². The molecule has 0 aromatic heterocycles. The first-order chi connectivity index (χ1) is 6.81. The first-order valence-electron chi connectivity index (χ1n) is 5.71. The molecule has 0 radical (unpaired) electrons. The predicted octanol–water partition coefficient (Wildman–Crippen LogP) is 3.97. The van der Waals surface area contributed by atoms with E-state index in [-0.39, 0.29) is 0 Å². The van der Waals surface area contributed by atoms with Crippen molar-refractivity contribution in [2.45, 2.75) is 52.4 Å². The second kappa shape index (κ2) is 11.3. The largest absolute Gasteiger partial charge is 0.371 e. The molecule has 0 aliphatic carbocycles. The predicted molar refractivity (Wildman–Crippen MR) is 72.1 cm³/mol. The monoisotopic (exact) mass is 233 g/mol. The molecule has 0 aromatic rings. The Bertz CT molecular complexity index is 137. The van der Waals surface area contributed by atoms with Crippen molar-refractivity contribution < 1.29 is 0 Å². The van der Waals surface area contributed by atoms with Crippen molar-refractivity contribution in [1.29, 1.82) is 0 Å². The lowest BCUT2D eigenvalue weighted by Crippen LogP contribution is -2.19. The molecule has 0 heterocycles. The smallest absolute Gasteiger partial charge is 0.133 e. The van der Waals surface area contributed by atoms with Crippen LogP contribution >= 0.6 is 24.0 Å². The summed E-state index contributed by atoms with van der Waals surface area (Å²) in [5, 5.41) is 3.29. The van der Waals surface area contributed by atoms with Gasteiger partial charge in [0.15, 0.2) is 0 Å². The summed E-state index contributed by atoms with van der Waals surface area (Å²) in [7, 11) is 0. The van der Waals surface area contributed by atoms with Gasteiger partial charge in [-0.2, -0.15) is 0 Å². The lowest BCUT2D eigenvalue weighted by Gasteiger charge is -2.06. The van der Waals surface area contributed by atoms with Gasteiger partial charge in [-0.3, -0.25) is 0 Å². The van der Waals surface area contributed by atoms with Crippen LogP contribution in [0.25, 0.3) is 0 Å². The Morgan fingerprint density at radius 1 is 1.07 bits per heavy atom. The van der Waals surface area contributed by atoms with Crippen LogP contribution in [0.1, 0.15) is 52.4 Å². The minimum absolute atomic E-state index is 0.981. The average molecular weight is 233 g/mol. The lowest BCUT2D eigenvalue weighted by atomic mass is 10.2. The van der Waals surface area contributed by atoms with Crippen molar-refractivity contribution in [3.05, 3.63) is 0 Å². The highest BCUT2D eigenvalue weighted by Gasteiger charge is 1.95. The molecule has 1 N–H and O–H groups in total. The van der Waals surface area contributed by atoms with Crippen LogP contribution in [0.15, 0.2) is 0 Å². The molecule has 14 heavy (non-hydrogen) atoms. The molecule has 0 atom stereocenters. The van der Waals surface area contributed by atoms with Crippen molar-refractivity contribution >= 4 is 28.3 Å². The number of hydrogen-bond acceptors (Lipinski definition) is 2. The Hall–Kier alpha value is 0.240. The minimum Gasteiger partial charge on any atom is -0.371 e. The number of thioether (sulfide) groups is 1. The van der Waals surface area contributed by atoms with E-state index in [1.54, 1.807) is 11.8 Å². The fourth-order valence-corrected chi connectivity index (χ4v) is 2.28. The molecule has 0 aromatic carbocycles. The summed E-state index contributed by atoms with van der Waals surface area (Å²) in [4.78, 5) is 0. The van der Waals surface area contributed by atoms with E-state index in [9.17, 15) is 0 Å². The van der Waals surface area contributed by atoms with E-state index in [0.29, 0.717) is 0 Å². The van der Waals surface area contributed by atoms with Crippen LogP contribution in [0.4, 0.5) is 0 Å². The van der Waals surface area contributed by atoms with Crippen LogP contribution in [0.2, 0.25) is 0 Å². The number of nitrogens with one attached hydrogen (secondary N) is 1. The standard InChI is InChI=1S/C11H23NS2/c1-3-5-7-8-9-12-11(13)14-10-6-4-2/h3-10H2,1-2H3,(H,12,13). The summed E-state index contributed by atoms with van der Waals surface area (Å²) in [5.41, 5.74) is 0. The fraction of sp³-hybridized carbons (Fsp3) is 0.909. The highest BCUT2D eigenvalue weighted by molar-refractivity contribution is 8.22. The van der Waals surface area contributed by atoms with Gasteiger partial charge in [-0.15, -0.1) is 0 Å². The van der Waals surface area contributed by atoms with E-state index in [1.807, 2.05) is 0 Å². The SMILES string of the molecule is CCCCCCNC(=S)SCCCC. The van der Waals surface area contributed by atoms with Crippen LogP contribution in [-0.2, 0) is 0 Å². The zero-order valence-electron chi connectivity index (χ0n) is 9.47. The summed E-state index contributed by atoms with van der Waals surface area (Å²) in [6.45, 7) is 5.50. The molecule has 0 saturated carbocycles. The van der Waals surface area contributed by atoms with Crippen molar-refractivity contribution in [2.24, 2.45) is 0 Å². The van der Waals surface area contributed by atoms with Gasteiger partial charge in [0, 0.05) is 12.3 Å². The van der Waals surface area contributed by atoms with Crippen LogP contribution in [-0.4, -0.2) is 16.6 Å². The Kier molecular flexibility index (Phi) is 11.5. The number of unbranched alkanes of at least 4 members (excludes halogenated alkanes) is 4. The maximum atomic E-state index is 5.20. The van der Waals surface area contributed by atoms with Gasteiger partial charge in [-0.25, -0.2) is 0 Å². The topological polar surface area (TPSA) is 12.0 Å². The van der Waals surface area contributed by atoms with Crippen LogP contribution in [0, 0.1) is 0 Å². The van der Waals surface area contributed by atoms with Gasteiger partial charge in [-0.1, -0.05) is 63.5 Å². The second-order valence-corrected chi connectivity index (χ2v) is 5.25. The summed E-state index contributed by atoms with van der Waals surface area (Å²) >= 11 is 6.98. The maximum Gasteiger partial charge on any atom is 0.133 e. The molecule has 0 aliphatic heterocycles. The molecule has 0 bridgehead atoms. The Balaban J connectivity index is 3.10. The van der Waals surface area contributed by atoms with Crippen molar-refractivity contribution in [3.8, 4) is 0 Å². The molecule has 3 heteroatoms. The van der Waals surface area contributed by atoms with E-state index in [1.165, 1.54) is 38.5 Å². The van der Waals surface area contributed by atoms with E-state index in [0.717, 1.165) is 16.6 Å². The van der Waals surface area contributed by atoms with Crippen molar-refractivity contribution in [1.82, 2.24) is 5.32 Å². The van der Waals surface area contributed by atoms with Gasteiger partial charge in [0.1, 0.15) is 4.32 Å². The van der Waals surface area contributed by atoms with Crippen molar-refractivity contribution in [2.75, 3.05) is 12.3 Å². The highest BCUT2D eigenvalue weighted by atomic mass is 32.2. The fourth-order valence-electron chi connectivity index (χ4n) is 1.10. The number of hydrogen-bond donors (Lipinski definition) is 1. The zero-order valence-corrected chi connectivity index (χ0v) is 11.1. The third kappa shape index (κ3) is 10.3. The molecule has 1 nitrogen and oxygen atoms in total. The third-order valence-corrected chi connectivity index (χ3v) is 3.43. The average Bonchev–Trinajstić information content (AvgIpc) is 2.18. The summed E-state index contributed by atoms with van der Waals surface area (Å²) in [5.74, 6) is 1.16. The van der Waals surface area contributed by atoms with E-state index in [4.69, 9.17) is 12.2 Å². The molecule has 0 amide bonds. The molecule has 0 unspecified atom stereocenters. The molecular weight excluding hydrogens is 210 g/mol. The Morgan fingerprint density at radius 3 is 2.43 bits per heavy atom. The van der Waals surface area contributed by atoms with Crippen molar-refractivity contribution in [3.63, 3.8) is 0 Å². The van der Waals surface area contributed by atoms with Gasteiger partial charge in [-0.05, 0) is 12.8 Å². The van der Waals surface area contributed by atoms with Crippen LogP contribution in [0.3, 0.4) is 0 Å². The summed E-state index contributed by atoms with van der Waals surface area (Å²) in [6.07, 6.45) is 7.75. The molecule has 0 fully saturated rings. The van der Waals surface area contributed by atoms with Gasteiger partial charge in [0.2, 0.25) is 0 Å². The number of rotatable bonds is 8. The molecular formula is C11H23NS2. The second-order valence-electron chi connectivity index (χ2n) is 3.48. The lowest BCUT2D eigenvalue weighted by molar-refractivity contribution is 0.657. The minimum atomic E-state index is 0.981. The van der Waals surface area contributed by atoms with Gasteiger partial charge >= 0.3 is 0 Å². The molecule has 0 saturated heterocycles. The summed E-state index contributed by atoms with van der Waals surface area (Å²) < 4.78 is 0.981. The molecule has 0 spiro atoms. The van der Waals surface area contributed by atoms with E-state index in [2.05, 4.69) is 19.2 Å². The van der Waals surface area contributed by atoms with E-state index >= 15 is 0 Å². The molecule has 0 aliphatic rings. The zero-order chi connectivity index (χ0) is 10.6. The van der Waals surface area contributed by atoms with Crippen LogP contribution in [0.5, 0.6) is 0 Å². The first-order valence-corrected chi connectivity index (χ1v) is 7.11.